The minimum Gasteiger partial charge on any atom is -0.493 e. The minimum atomic E-state index is -1.04. The van der Waals surface area contributed by atoms with Crippen LogP contribution in [0.25, 0.3) is 6.08 Å². The zero-order valence-corrected chi connectivity index (χ0v) is 11.5. The number of ketones is 1. The number of carbonyl (C=O) groups is 1. The highest BCUT2D eigenvalue weighted by Crippen LogP contribution is 2.20. The van der Waals surface area contributed by atoms with Crippen molar-refractivity contribution in [3.8, 4) is 5.75 Å². The first kappa shape index (κ1) is 14.9. The molecule has 0 N–H and O–H groups in total. The Morgan fingerprint density at radius 2 is 1.90 bits per heavy atom. The van der Waals surface area contributed by atoms with Crippen LogP contribution in [-0.2, 0) is 0 Å². The molecule has 108 valence electrons. The SMILES string of the molecule is CCOc1ccccc1/C=C/C(=O)c1ccc(F)c(F)c1. The van der Waals surface area contributed by atoms with E-state index in [1.807, 2.05) is 19.1 Å². The van der Waals surface area contributed by atoms with E-state index in [2.05, 4.69) is 0 Å². The largest absolute Gasteiger partial charge is 0.493 e. The Labute approximate surface area is 121 Å². The number of halogens is 2. The number of allylic oxidation sites excluding steroid dienone is 1. The third-order valence-electron chi connectivity index (χ3n) is 2.84. The van der Waals surface area contributed by atoms with Gasteiger partial charge in [0.2, 0.25) is 0 Å². The molecule has 0 amide bonds. The van der Waals surface area contributed by atoms with E-state index in [4.69, 9.17) is 4.74 Å². The standard InChI is InChI=1S/C17H14F2O2/c1-2-21-17-6-4-3-5-12(17)8-10-16(20)13-7-9-14(18)15(19)11-13/h3-11H,2H2,1H3/b10-8+. The number of hydrogen-bond donors (Lipinski definition) is 0. The Morgan fingerprint density at radius 3 is 2.62 bits per heavy atom. The highest BCUT2D eigenvalue weighted by Gasteiger charge is 2.07. The Kier molecular flexibility index (Phi) is 4.82. The molecule has 0 aliphatic carbocycles. The summed E-state index contributed by atoms with van der Waals surface area (Å²) in [7, 11) is 0. The molecule has 0 atom stereocenters. The molecule has 0 aromatic heterocycles. The normalized spacial score (nSPS) is 10.8. The molecule has 2 aromatic carbocycles. The molecule has 0 unspecified atom stereocenters. The van der Waals surface area contributed by atoms with Crippen molar-refractivity contribution < 1.29 is 18.3 Å². The van der Waals surface area contributed by atoms with Crippen molar-refractivity contribution in [3.05, 3.63) is 71.3 Å². The predicted octanol–water partition coefficient (Wildman–Crippen LogP) is 4.26. The average molecular weight is 288 g/mol. The van der Waals surface area contributed by atoms with Crippen LogP contribution in [0, 0.1) is 11.6 Å². The van der Waals surface area contributed by atoms with Crippen molar-refractivity contribution >= 4 is 11.9 Å². The van der Waals surface area contributed by atoms with Gasteiger partial charge in [0.1, 0.15) is 5.75 Å². The third-order valence-corrected chi connectivity index (χ3v) is 2.84. The predicted molar refractivity (Wildman–Crippen MR) is 77.3 cm³/mol. The molecular formula is C17H14F2O2. The van der Waals surface area contributed by atoms with E-state index in [1.54, 1.807) is 18.2 Å². The number of benzene rings is 2. The third kappa shape index (κ3) is 3.75. The molecule has 0 saturated carbocycles. The zero-order chi connectivity index (χ0) is 15.2. The number of hydrogen-bond acceptors (Lipinski definition) is 2. The van der Waals surface area contributed by atoms with Crippen molar-refractivity contribution in [3.63, 3.8) is 0 Å². The summed E-state index contributed by atoms with van der Waals surface area (Å²) >= 11 is 0. The monoisotopic (exact) mass is 288 g/mol. The Balaban J connectivity index is 2.20. The van der Waals surface area contributed by atoms with Crippen molar-refractivity contribution in [2.45, 2.75) is 6.92 Å². The van der Waals surface area contributed by atoms with Gasteiger partial charge in [-0.15, -0.1) is 0 Å². The average Bonchev–Trinajstić information content (AvgIpc) is 2.49. The second-order valence-corrected chi connectivity index (χ2v) is 4.30. The lowest BCUT2D eigenvalue weighted by molar-refractivity contribution is 0.104. The lowest BCUT2D eigenvalue weighted by atomic mass is 10.1. The highest BCUT2D eigenvalue weighted by atomic mass is 19.2. The van der Waals surface area contributed by atoms with Crippen molar-refractivity contribution in [2.75, 3.05) is 6.61 Å². The summed E-state index contributed by atoms with van der Waals surface area (Å²) in [5.41, 5.74) is 0.842. The molecule has 21 heavy (non-hydrogen) atoms. The molecule has 0 heterocycles. The van der Waals surface area contributed by atoms with Crippen molar-refractivity contribution in [2.24, 2.45) is 0 Å². The highest BCUT2D eigenvalue weighted by molar-refractivity contribution is 6.06. The second kappa shape index (κ2) is 6.79. The topological polar surface area (TPSA) is 26.3 Å². The van der Waals surface area contributed by atoms with Gasteiger partial charge in [-0.25, -0.2) is 8.78 Å². The first-order valence-electron chi connectivity index (χ1n) is 6.51. The summed E-state index contributed by atoms with van der Waals surface area (Å²) in [5, 5.41) is 0. The van der Waals surface area contributed by atoms with Gasteiger partial charge < -0.3 is 4.74 Å². The summed E-state index contributed by atoms with van der Waals surface area (Å²) in [5.74, 6) is -1.75. The van der Waals surface area contributed by atoms with Crippen LogP contribution in [0.2, 0.25) is 0 Å². The maximum atomic E-state index is 13.1. The second-order valence-electron chi connectivity index (χ2n) is 4.30. The van der Waals surface area contributed by atoms with Crippen LogP contribution in [0.3, 0.4) is 0 Å². The maximum absolute atomic E-state index is 13.1. The first-order chi connectivity index (χ1) is 10.1. The van der Waals surface area contributed by atoms with Crippen LogP contribution in [0.1, 0.15) is 22.8 Å². The number of carbonyl (C=O) groups excluding carboxylic acids is 1. The van der Waals surface area contributed by atoms with Crippen LogP contribution < -0.4 is 4.74 Å². The van der Waals surface area contributed by atoms with Gasteiger partial charge >= 0.3 is 0 Å². The molecule has 4 heteroatoms. The fourth-order valence-electron chi connectivity index (χ4n) is 1.82. The first-order valence-corrected chi connectivity index (χ1v) is 6.51. The molecule has 0 aliphatic heterocycles. The molecule has 2 rings (SSSR count). The van der Waals surface area contributed by atoms with E-state index >= 15 is 0 Å². The molecule has 2 aromatic rings. The van der Waals surface area contributed by atoms with E-state index in [0.717, 1.165) is 17.7 Å². The Hall–Kier alpha value is -2.49. The van der Waals surface area contributed by atoms with E-state index in [-0.39, 0.29) is 5.56 Å². The Bertz CT molecular complexity index is 678. The number of ether oxygens (including phenoxy) is 1. The van der Waals surface area contributed by atoms with Crippen LogP contribution in [0.15, 0.2) is 48.5 Å². The van der Waals surface area contributed by atoms with Gasteiger partial charge in [-0.1, -0.05) is 18.2 Å². The fraction of sp³-hybridized carbons (Fsp3) is 0.118. The number of rotatable bonds is 5. The lowest BCUT2D eigenvalue weighted by Gasteiger charge is -2.06. The van der Waals surface area contributed by atoms with Crippen molar-refractivity contribution in [1.82, 2.24) is 0 Å². The maximum Gasteiger partial charge on any atom is 0.185 e. The summed E-state index contributed by atoms with van der Waals surface area (Å²) < 4.78 is 31.4. The fourth-order valence-corrected chi connectivity index (χ4v) is 1.82. The van der Waals surface area contributed by atoms with Crippen molar-refractivity contribution in [1.29, 1.82) is 0 Å². The van der Waals surface area contributed by atoms with Gasteiger partial charge in [0.05, 0.1) is 6.61 Å². The van der Waals surface area contributed by atoms with Gasteiger partial charge in [-0.3, -0.25) is 4.79 Å². The minimum absolute atomic E-state index is 0.0963. The molecule has 0 aliphatic rings. The van der Waals surface area contributed by atoms with Crippen LogP contribution >= 0.6 is 0 Å². The van der Waals surface area contributed by atoms with Gasteiger partial charge in [0.15, 0.2) is 17.4 Å². The van der Waals surface area contributed by atoms with Gasteiger partial charge in [0, 0.05) is 11.1 Å². The van der Waals surface area contributed by atoms with Gasteiger partial charge in [0.25, 0.3) is 0 Å². The van der Waals surface area contributed by atoms with Crippen LogP contribution in [0.4, 0.5) is 8.78 Å². The van der Waals surface area contributed by atoms with Crippen LogP contribution in [-0.4, -0.2) is 12.4 Å². The molecule has 0 radical (unpaired) electrons. The quantitative estimate of drug-likeness (QED) is 0.607. The van der Waals surface area contributed by atoms with Gasteiger partial charge in [-0.2, -0.15) is 0 Å². The summed E-state index contributed by atoms with van der Waals surface area (Å²) in [6, 6.07) is 10.3. The lowest BCUT2D eigenvalue weighted by Crippen LogP contribution is -1.97. The van der Waals surface area contributed by atoms with E-state index < -0.39 is 17.4 Å². The number of para-hydroxylation sites is 1. The summed E-state index contributed by atoms with van der Waals surface area (Å²) in [4.78, 5) is 11.9. The molecule has 2 nitrogen and oxygen atoms in total. The van der Waals surface area contributed by atoms with E-state index in [9.17, 15) is 13.6 Å². The van der Waals surface area contributed by atoms with E-state index in [1.165, 1.54) is 12.1 Å². The molecule has 0 bridgehead atoms. The summed E-state index contributed by atoms with van der Waals surface area (Å²) in [6.07, 6.45) is 2.90. The molecular weight excluding hydrogens is 274 g/mol. The molecule has 0 fully saturated rings. The van der Waals surface area contributed by atoms with Gasteiger partial charge in [-0.05, 0) is 43.3 Å². The van der Waals surface area contributed by atoms with Crippen LogP contribution in [0.5, 0.6) is 5.75 Å². The zero-order valence-electron chi connectivity index (χ0n) is 11.5. The smallest absolute Gasteiger partial charge is 0.185 e. The Morgan fingerprint density at radius 1 is 1.14 bits per heavy atom. The summed E-state index contributed by atoms with van der Waals surface area (Å²) in [6.45, 7) is 2.38. The molecule has 0 spiro atoms. The molecule has 0 saturated heterocycles. The van der Waals surface area contributed by atoms with E-state index in [0.29, 0.717) is 12.4 Å².